The first kappa shape index (κ1) is 14.7. The Balaban J connectivity index is 1.70. The number of hydrogen-bond donors (Lipinski definition) is 1. The first-order chi connectivity index (χ1) is 9.75. The minimum atomic E-state index is 0.144. The summed E-state index contributed by atoms with van der Waals surface area (Å²) in [5, 5.41) is 0. The van der Waals surface area contributed by atoms with Crippen molar-refractivity contribution in [3.05, 3.63) is 66.0 Å². The Hall–Kier alpha value is -1.71. The zero-order chi connectivity index (χ0) is 14.2. The number of pyridine rings is 1. The third-order valence-electron chi connectivity index (χ3n) is 3.48. The lowest BCUT2D eigenvalue weighted by molar-refractivity contribution is 0.314. The molecule has 0 saturated carbocycles. The van der Waals surface area contributed by atoms with Crippen LogP contribution in [0.25, 0.3) is 0 Å². The zero-order valence-corrected chi connectivity index (χ0v) is 12.1. The summed E-state index contributed by atoms with van der Waals surface area (Å²) in [6.07, 6.45) is 5.81. The molecule has 20 heavy (non-hydrogen) atoms. The number of rotatable bonds is 7. The maximum atomic E-state index is 6.21. The summed E-state index contributed by atoms with van der Waals surface area (Å²) in [4.78, 5) is 6.36. The molecule has 3 nitrogen and oxygen atoms in total. The summed E-state index contributed by atoms with van der Waals surface area (Å²) in [5.41, 5.74) is 8.73. The van der Waals surface area contributed by atoms with Gasteiger partial charge in [0.25, 0.3) is 0 Å². The van der Waals surface area contributed by atoms with Gasteiger partial charge in [-0.05, 0) is 49.7 Å². The molecule has 0 saturated heterocycles. The van der Waals surface area contributed by atoms with Crippen molar-refractivity contribution in [2.45, 2.75) is 25.4 Å². The van der Waals surface area contributed by atoms with E-state index in [1.165, 1.54) is 11.1 Å². The molecule has 1 atom stereocenters. The lowest BCUT2D eigenvalue weighted by atomic mass is 10.0. The molecule has 0 radical (unpaired) electrons. The van der Waals surface area contributed by atoms with E-state index in [0.29, 0.717) is 0 Å². The van der Waals surface area contributed by atoms with E-state index in [9.17, 15) is 0 Å². The number of nitrogens with zero attached hydrogens (tertiary/aromatic N) is 2. The molecule has 1 aromatic heterocycles. The molecule has 0 fully saturated rings. The smallest absolute Gasteiger partial charge is 0.0295 e. The Kier molecular flexibility index (Phi) is 5.71. The van der Waals surface area contributed by atoms with E-state index in [1.54, 1.807) is 0 Å². The molecule has 1 unspecified atom stereocenters. The van der Waals surface area contributed by atoms with Crippen molar-refractivity contribution in [3.8, 4) is 0 Å². The molecule has 106 valence electrons. The van der Waals surface area contributed by atoms with E-state index in [-0.39, 0.29) is 6.04 Å². The third-order valence-corrected chi connectivity index (χ3v) is 3.48. The molecule has 0 aliphatic carbocycles. The largest absolute Gasteiger partial charge is 0.324 e. The molecule has 1 aromatic carbocycles. The van der Waals surface area contributed by atoms with Crippen molar-refractivity contribution in [1.29, 1.82) is 0 Å². The van der Waals surface area contributed by atoms with Crippen LogP contribution in [0.4, 0.5) is 0 Å². The molecule has 3 heteroatoms. The molecule has 1 heterocycles. The molecule has 0 aliphatic rings. The van der Waals surface area contributed by atoms with Gasteiger partial charge < -0.3 is 10.6 Å². The van der Waals surface area contributed by atoms with Crippen molar-refractivity contribution in [1.82, 2.24) is 9.88 Å². The van der Waals surface area contributed by atoms with E-state index in [2.05, 4.69) is 41.2 Å². The summed E-state index contributed by atoms with van der Waals surface area (Å²) in [5.74, 6) is 0. The number of nitrogens with two attached hydrogens (primary N) is 1. The van der Waals surface area contributed by atoms with Gasteiger partial charge in [-0.1, -0.05) is 30.3 Å². The van der Waals surface area contributed by atoms with Crippen LogP contribution in [0.2, 0.25) is 0 Å². The molecule has 0 aliphatic heterocycles. The van der Waals surface area contributed by atoms with Crippen LogP contribution in [0.3, 0.4) is 0 Å². The van der Waals surface area contributed by atoms with E-state index in [0.717, 1.165) is 25.9 Å². The van der Waals surface area contributed by atoms with Crippen molar-refractivity contribution in [2.24, 2.45) is 5.73 Å². The van der Waals surface area contributed by atoms with Crippen LogP contribution in [0, 0.1) is 0 Å². The van der Waals surface area contributed by atoms with E-state index >= 15 is 0 Å². The van der Waals surface area contributed by atoms with Crippen LogP contribution in [0.1, 0.15) is 30.0 Å². The average Bonchev–Trinajstić information content (AvgIpc) is 2.49. The topological polar surface area (TPSA) is 42.1 Å². The first-order valence-corrected chi connectivity index (χ1v) is 7.13. The molecule has 2 rings (SSSR count). The van der Waals surface area contributed by atoms with Crippen molar-refractivity contribution in [3.63, 3.8) is 0 Å². The standard InChI is InChI=1S/C17H23N3/c1-20(14-15-9-11-19-12-10-15)13-5-8-17(18)16-6-3-2-4-7-16/h2-4,6-7,9-12,17H,5,8,13-14,18H2,1H3. The minimum absolute atomic E-state index is 0.144. The van der Waals surface area contributed by atoms with Crippen LogP contribution >= 0.6 is 0 Å². The molecule has 0 bridgehead atoms. The lowest BCUT2D eigenvalue weighted by Gasteiger charge is -2.18. The highest BCUT2D eigenvalue weighted by Gasteiger charge is 2.06. The van der Waals surface area contributed by atoms with Gasteiger partial charge in [-0.3, -0.25) is 4.98 Å². The van der Waals surface area contributed by atoms with Gasteiger partial charge in [-0.25, -0.2) is 0 Å². The second-order valence-electron chi connectivity index (χ2n) is 5.25. The monoisotopic (exact) mass is 269 g/mol. The number of benzene rings is 1. The second-order valence-corrected chi connectivity index (χ2v) is 5.25. The fourth-order valence-corrected chi connectivity index (χ4v) is 2.33. The third kappa shape index (κ3) is 4.76. The number of aromatic nitrogens is 1. The van der Waals surface area contributed by atoms with Crippen molar-refractivity contribution < 1.29 is 0 Å². The minimum Gasteiger partial charge on any atom is -0.324 e. The SMILES string of the molecule is CN(CCCC(N)c1ccccc1)Cc1ccncc1. The summed E-state index contributed by atoms with van der Waals surface area (Å²) >= 11 is 0. The van der Waals surface area contributed by atoms with Gasteiger partial charge in [0.1, 0.15) is 0 Å². The van der Waals surface area contributed by atoms with Gasteiger partial charge >= 0.3 is 0 Å². The summed E-state index contributed by atoms with van der Waals surface area (Å²) < 4.78 is 0. The average molecular weight is 269 g/mol. The molecular formula is C17H23N3. The quantitative estimate of drug-likeness (QED) is 0.840. The van der Waals surface area contributed by atoms with Crippen LogP contribution in [0.15, 0.2) is 54.9 Å². The van der Waals surface area contributed by atoms with Crippen LogP contribution in [0.5, 0.6) is 0 Å². The van der Waals surface area contributed by atoms with Gasteiger partial charge in [0.05, 0.1) is 0 Å². The van der Waals surface area contributed by atoms with Crippen LogP contribution in [-0.4, -0.2) is 23.5 Å². The van der Waals surface area contributed by atoms with Crippen LogP contribution < -0.4 is 5.73 Å². The molecule has 0 amide bonds. The Morgan fingerprint density at radius 3 is 2.50 bits per heavy atom. The summed E-state index contributed by atoms with van der Waals surface area (Å²) in [6, 6.07) is 14.6. The highest BCUT2D eigenvalue weighted by Crippen LogP contribution is 2.15. The maximum absolute atomic E-state index is 6.21. The first-order valence-electron chi connectivity index (χ1n) is 7.13. The Morgan fingerprint density at radius 2 is 1.80 bits per heavy atom. The summed E-state index contributed by atoms with van der Waals surface area (Å²) in [7, 11) is 2.15. The fourth-order valence-electron chi connectivity index (χ4n) is 2.33. The maximum Gasteiger partial charge on any atom is 0.0295 e. The van der Waals surface area contributed by atoms with E-state index in [1.807, 2.05) is 30.6 Å². The summed E-state index contributed by atoms with van der Waals surface area (Å²) in [6.45, 7) is 2.02. The fraction of sp³-hybridized carbons (Fsp3) is 0.353. The van der Waals surface area contributed by atoms with Gasteiger partial charge in [-0.15, -0.1) is 0 Å². The van der Waals surface area contributed by atoms with Gasteiger partial charge in [-0.2, -0.15) is 0 Å². The molecular weight excluding hydrogens is 246 g/mol. The number of hydrogen-bond acceptors (Lipinski definition) is 3. The normalized spacial score (nSPS) is 12.6. The highest BCUT2D eigenvalue weighted by atomic mass is 15.1. The van der Waals surface area contributed by atoms with Gasteiger partial charge in [0.15, 0.2) is 0 Å². The predicted octanol–water partition coefficient (Wildman–Crippen LogP) is 2.99. The zero-order valence-electron chi connectivity index (χ0n) is 12.1. The van der Waals surface area contributed by atoms with E-state index in [4.69, 9.17) is 5.73 Å². The predicted molar refractivity (Wildman–Crippen MR) is 83.2 cm³/mol. The molecule has 0 spiro atoms. The van der Waals surface area contributed by atoms with Gasteiger partial charge in [0.2, 0.25) is 0 Å². The highest BCUT2D eigenvalue weighted by molar-refractivity contribution is 5.18. The lowest BCUT2D eigenvalue weighted by Crippen LogP contribution is -2.20. The van der Waals surface area contributed by atoms with Crippen molar-refractivity contribution in [2.75, 3.05) is 13.6 Å². The molecule has 2 aromatic rings. The van der Waals surface area contributed by atoms with Crippen LogP contribution in [-0.2, 0) is 6.54 Å². The van der Waals surface area contributed by atoms with Crippen molar-refractivity contribution >= 4 is 0 Å². The van der Waals surface area contributed by atoms with E-state index < -0.39 is 0 Å². The Labute approximate surface area is 121 Å². The Morgan fingerprint density at radius 1 is 1.10 bits per heavy atom. The second kappa shape index (κ2) is 7.78. The van der Waals surface area contributed by atoms with Gasteiger partial charge in [0, 0.05) is 25.0 Å². The Bertz CT molecular complexity index is 484. The molecule has 2 N–H and O–H groups in total.